The number of esters is 3. The summed E-state index contributed by atoms with van der Waals surface area (Å²) in [6, 6.07) is 0. The molecule has 0 spiro atoms. The molecule has 0 aromatic carbocycles. The zero-order chi connectivity index (χ0) is 43.7. The van der Waals surface area contributed by atoms with E-state index in [-0.39, 0.29) is 31.1 Å². The van der Waals surface area contributed by atoms with Crippen LogP contribution in [0.5, 0.6) is 0 Å². The Morgan fingerprint density at radius 3 is 1.02 bits per heavy atom. The molecular weight excluding hydrogens is 745 g/mol. The summed E-state index contributed by atoms with van der Waals surface area (Å²) in [7, 11) is 0. The second-order valence-electron chi connectivity index (χ2n) is 17.4. The molecule has 1 atom stereocenters. The summed E-state index contributed by atoms with van der Waals surface area (Å²) in [5.41, 5.74) is 0. The van der Waals surface area contributed by atoms with Gasteiger partial charge in [-0.05, 0) is 51.4 Å². The number of rotatable bonds is 47. The maximum Gasteiger partial charge on any atom is 0.306 e. The molecule has 6 nitrogen and oxygen atoms in total. The van der Waals surface area contributed by atoms with Gasteiger partial charge in [0.2, 0.25) is 0 Å². The molecule has 0 saturated carbocycles. The lowest BCUT2D eigenvalue weighted by Crippen LogP contribution is -2.30. The highest BCUT2D eigenvalue weighted by Gasteiger charge is 2.19. The third-order valence-electron chi connectivity index (χ3n) is 11.4. The molecule has 0 saturated heterocycles. The van der Waals surface area contributed by atoms with E-state index >= 15 is 0 Å². The minimum Gasteiger partial charge on any atom is -0.462 e. The van der Waals surface area contributed by atoms with Gasteiger partial charge >= 0.3 is 17.9 Å². The molecule has 0 heterocycles. The lowest BCUT2D eigenvalue weighted by atomic mass is 10.0. The Hall–Kier alpha value is -2.37. The van der Waals surface area contributed by atoms with Crippen LogP contribution in [0.1, 0.15) is 271 Å². The second kappa shape index (κ2) is 49.3. The lowest BCUT2D eigenvalue weighted by molar-refractivity contribution is -0.167. The number of hydrogen-bond donors (Lipinski definition) is 0. The fourth-order valence-electron chi connectivity index (χ4n) is 7.52. The van der Waals surface area contributed by atoms with Crippen LogP contribution in [-0.2, 0) is 28.6 Å². The molecule has 350 valence electrons. The first-order valence-corrected chi connectivity index (χ1v) is 26.0. The van der Waals surface area contributed by atoms with E-state index in [0.29, 0.717) is 19.3 Å². The largest absolute Gasteiger partial charge is 0.462 e. The zero-order valence-corrected chi connectivity index (χ0v) is 40.0. The maximum absolute atomic E-state index is 12.8. The predicted molar refractivity (Wildman–Crippen MR) is 256 cm³/mol. The summed E-state index contributed by atoms with van der Waals surface area (Å²) < 4.78 is 16.8. The number of unbranched alkanes of at least 4 members (excludes halogenated alkanes) is 30. The monoisotopic (exact) mass is 843 g/mol. The van der Waals surface area contributed by atoms with E-state index in [1.165, 1.54) is 154 Å². The quantitative estimate of drug-likeness (QED) is 0.0263. The average molecular weight is 843 g/mol. The molecule has 0 aliphatic carbocycles. The summed E-state index contributed by atoms with van der Waals surface area (Å²) >= 11 is 0. The minimum absolute atomic E-state index is 0.0798. The van der Waals surface area contributed by atoms with Crippen LogP contribution in [0.3, 0.4) is 0 Å². The van der Waals surface area contributed by atoms with Crippen LogP contribution in [0.4, 0.5) is 0 Å². The van der Waals surface area contributed by atoms with Gasteiger partial charge < -0.3 is 14.2 Å². The smallest absolute Gasteiger partial charge is 0.306 e. The van der Waals surface area contributed by atoms with E-state index in [0.717, 1.165) is 77.0 Å². The Kier molecular flexibility index (Phi) is 47.3. The Morgan fingerprint density at radius 1 is 0.350 bits per heavy atom. The molecule has 0 aliphatic rings. The van der Waals surface area contributed by atoms with Crippen molar-refractivity contribution in [2.45, 2.75) is 277 Å². The first kappa shape index (κ1) is 57.6. The molecule has 0 aromatic heterocycles. The molecule has 0 amide bonds. The van der Waals surface area contributed by atoms with Crippen molar-refractivity contribution in [3.8, 4) is 0 Å². The van der Waals surface area contributed by atoms with Gasteiger partial charge in [0.15, 0.2) is 6.10 Å². The Morgan fingerprint density at radius 2 is 0.650 bits per heavy atom. The molecule has 0 aliphatic heterocycles. The molecule has 0 rings (SSSR count). The molecule has 0 N–H and O–H groups in total. The molecule has 60 heavy (non-hydrogen) atoms. The summed E-state index contributed by atoms with van der Waals surface area (Å²) in [5.74, 6) is -0.908. The van der Waals surface area contributed by atoms with E-state index in [1.54, 1.807) is 0 Å². The van der Waals surface area contributed by atoms with Crippen molar-refractivity contribution in [2.75, 3.05) is 13.2 Å². The van der Waals surface area contributed by atoms with Gasteiger partial charge in [-0.15, -0.1) is 0 Å². The number of hydrogen-bond acceptors (Lipinski definition) is 6. The SMILES string of the molecule is CC/C=C\C/C=C\C/C=C\CCCCC(=O)OCC(COC(=O)CCCCCCCCCCCCCCCCCC)OC(=O)CCCCCCCCCCCCCCCC. The van der Waals surface area contributed by atoms with Gasteiger partial charge in [-0.2, -0.15) is 0 Å². The van der Waals surface area contributed by atoms with Crippen molar-refractivity contribution < 1.29 is 28.6 Å². The standard InChI is InChI=1S/C54H98O6/c1-4-7-10-13-16-19-22-25-27-28-30-32-35-38-41-44-47-53(56)59-50-51(49-58-52(55)46-43-40-37-34-31-24-21-18-15-12-9-6-3)60-54(57)48-45-42-39-36-33-29-26-23-20-17-14-11-8-5-2/h9,12,18,21,31,34,51H,4-8,10-11,13-17,19-20,22-30,32-33,35-50H2,1-3H3/b12-9-,21-18-,34-31-. The van der Waals surface area contributed by atoms with Crippen LogP contribution in [0.15, 0.2) is 36.5 Å². The lowest BCUT2D eigenvalue weighted by Gasteiger charge is -2.18. The van der Waals surface area contributed by atoms with Crippen LogP contribution in [0.25, 0.3) is 0 Å². The molecule has 6 heteroatoms. The van der Waals surface area contributed by atoms with E-state index in [1.807, 2.05) is 0 Å². The van der Waals surface area contributed by atoms with Crippen LogP contribution < -0.4 is 0 Å². The fraction of sp³-hybridized carbons (Fsp3) is 0.833. The summed E-state index contributed by atoms with van der Waals surface area (Å²) in [4.78, 5) is 37.9. The van der Waals surface area contributed by atoms with Crippen molar-refractivity contribution in [2.24, 2.45) is 0 Å². The number of carbonyl (C=O) groups is 3. The predicted octanol–water partition coefficient (Wildman–Crippen LogP) is 16.9. The van der Waals surface area contributed by atoms with Gasteiger partial charge in [-0.1, -0.05) is 237 Å². The maximum atomic E-state index is 12.8. The van der Waals surface area contributed by atoms with E-state index in [9.17, 15) is 14.4 Å². The molecule has 0 radical (unpaired) electrons. The first-order chi connectivity index (χ1) is 29.5. The van der Waals surface area contributed by atoms with Gasteiger partial charge in [0.05, 0.1) is 0 Å². The summed E-state index contributed by atoms with van der Waals surface area (Å²) in [6.07, 6.45) is 57.0. The van der Waals surface area contributed by atoms with Gasteiger partial charge in [0.25, 0.3) is 0 Å². The van der Waals surface area contributed by atoms with Crippen LogP contribution >= 0.6 is 0 Å². The zero-order valence-electron chi connectivity index (χ0n) is 40.0. The number of allylic oxidation sites excluding steroid dienone is 6. The van der Waals surface area contributed by atoms with Gasteiger partial charge in [0.1, 0.15) is 13.2 Å². The summed E-state index contributed by atoms with van der Waals surface area (Å²) in [5, 5.41) is 0. The highest BCUT2D eigenvalue weighted by Crippen LogP contribution is 2.16. The van der Waals surface area contributed by atoms with E-state index in [4.69, 9.17) is 14.2 Å². The number of ether oxygens (including phenoxy) is 3. The molecule has 0 fully saturated rings. The highest BCUT2D eigenvalue weighted by molar-refractivity contribution is 5.71. The van der Waals surface area contributed by atoms with E-state index in [2.05, 4.69) is 57.2 Å². The van der Waals surface area contributed by atoms with Crippen molar-refractivity contribution in [1.29, 1.82) is 0 Å². The third kappa shape index (κ3) is 46.7. The van der Waals surface area contributed by atoms with Crippen molar-refractivity contribution in [3.05, 3.63) is 36.5 Å². The molecular formula is C54H98O6. The van der Waals surface area contributed by atoms with Crippen molar-refractivity contribution in [3.63, 3.8) is 0 Å². The van der Waals surface area contributed by atoms with Gasteiger partial charge in [-0.25, -0.2) is 0 Å². The Bertz CT molecular complexity index is 1020. The van der Waals surface area contributed by atoms with Gasteiger partial charge in [0, 0.05) is 19.3 Å². The average Bonchev–Trinajstić information content (AvgIpc) is 3.24. The third-order valence-corrected chi connectivity index (χ3v) is 11.4. The number of carbonyl (C=O) groups excluding carboxylic acids is 3. The normalized spacial score (nSPS) is 12.2. The molecule has 1 unspecified atom stereocenters. The van der Waals surface area contributed by atoms with Crippen LogP contribution in [0.2, 0.25) is 0 Å². The highest BCUT2D eigenvalue weighted by atomic mass is 16.6. The molecule has 0 bridgehead atoms. The Labute approximate surface area is 372 Å². The van der Waals surface area contributed by atoms with Crippen LogP contribution in [-0.4, -0.2) is 37.2 Å². The second-order valence-corrected chi connectivity index (χ2v) is 17.4. The topological polar surface area (TPSA) is 78.9 Å². The minimum atomic E-state index is -0.781. The fourth-order valence-corrected chi connectivity index (χ4v) is 7.52. The van der Waals surface area contributed by atoms with Crippen molar-refractivity contribution >= 4 is 17.9 Å². The van der Waals surface area contributed by atoms with Gasteiger partial charge in [-0.3, -0.25) is 14.4 Å². The first-order valence-electron chi connectivity index (χ1n) is 26.0. The van der Waals surface area contributed by atoms with E-state index < -0.39 is 6.10 Å². The van der Waals surface area contributed by atoms with Crippen molar-refractivity contribution in [1.82, 2.24) is 0 Å². The van der Waals surface area contributed by atoms with Crippen LogP contribution in [0, 0.1) is 0 Å². The molecule has 0 aromatic rings. The Balaban J connectivity index is 4.36. The summed E-state index contributed by atoms with van der Waals surface area (Å²) in [6.45, 7) is 6.52.